The van der Waals surface area contributed by atoms with Crippen molar-refractivity contribution in [3.63, 3.8) is 0 Å². The van der Waals surface area contributed by atoms with E-state index in [1.165, 1.54) is 12.1 Å². The maximum Gasteiger partial charge on any atom is 0.339 e. The van der Waals surface area contributed by atoms with Crippen molar-refractivity contribution >= 4 is 29.2 Å². The average molecular weight is 362 g/mol. The maximum absolute atomic E-state index is 12.3. The Balaban J connectivity index is 2.05. The number of hydrogen-bond acceptors (Lipinski definition) is 4. The minimum atomic E-state index is -0.493. The third-order valence-electron chi connectivity index (χ3n) is 3.31. The van der Waals surface area contributed by atoms with E-state index < -0.39 is 5.97 Å². The summed E-state index contributed by atoms with van der Waals surface area (Å²) in [5.41, 5.74) is 1.25. The lowest BCUT2D eigenvalue weighted by atomic mass is 10.1. The predicted octanol–water partition coefficient (Wildman–Crippen LogP) is 4.56. The molecule has 25 heavy (non-hydrogen) atoms. The molecule has 2 rings (SSSR count). The summed E-state index contributed by atoms with van der Waals surface area (Å²) in [6.45, 7) is 4.65. The van der Waals surface area contributed by atoms with E-state index in [0.29, 0.717) is 17.9 Å². The molecule has 5 nitrogen and oxygen atoms in total. The highest BCUT2D eigenvalue weighted by atomic mass is 35.5. The number of hydrogen-bond donors (Lipinski definition) is 1. The fourth-order valence-corrected chi connectivity index (χ4v) is 2.35. The van der Waals surface area contributed by atoms with Gasteiger partial charge in [-0.15, -0.1) is 0 Å². The number of rotatable bonds is 7. The van der Waals surface area contributed by atoms with Crippen molar-refractivity contribution in [1.82, 2.24) is 0 Å². The molecule has 0 saturated carbocycles. The minimum absolute atomic E-state index is 0.222. The minimum Gasteiger partial charge on any atom is -0.494 e. The van der Waals surface area contributed by atoms with Gasteiger partial charge in [0.15, 0.2) is 0 Å². The third kappa shape index (κ3) is 5.22. The van der Waals surface area contributed by atoms with Gasteiger partial charge in [-0.3, -0.25) is 4.79 Å². The fraction of sp³-hybridized carbons (Fsp3) is 0.263. The van der Waals surface area contributed by atoms with Gasteiger partial charge in [-0.05, 0) is 55.8 Å². The first kappa shape index (κ1) is 18.8. The molecule has 0 heterocycles. The summed E-state index contributed by atoms with van der Waals surface area (Å²) >= 11 is 6.09. The van der Waals surface area contributed by atoms with E-state index in [0.717, 1.165) is 12.2 Å². The Bertz CT molecular complexity index is 744. The quantitative estimate of drug-likeness (QED) is 0.734. The third-order valence-corrected chi connectivity index (χ3v) is 3.62. The van der Waals surface area contributed by atoms with Crippen LogP contribution in [0.2, 0.25) is 5.02 Å². The Hall–Kier alpha value is -2.53. The summed E-state index contributed by atoms with van der Waals surface area (Å²) < 4.78 is 10.4. The molecule has 2 aromatic rings. The lowest BCUT2D eigenvalue weighted by Crippen LogP contribution is -2.12. The van der Waals surface area contributed by atoms with Gasteiger partial charge in [0, 0.05) is 11.3 Å². The molecule has 0 bridgehead atoms. The lowest BCUT2D eigenvalue weighted by molar-refractivity contribution is 0.0526. The van der Waals surface area contributed by atoms with E-state index in [9.17, 15) is 9.59 Å². The molecule has 0 aliphatic heterocycles. The number of carbonyl (C=O) groups excluding carboxylic acids is 2. The second kappa shape index (κ2) is 9.08. The Morgan fingerprint density at radius 1 is 1.08 bits per heavy atom. The Labute approximate surface area is 151 Å². The average Bonchev–Trinajstić information content (AvgIpc) is 2.60. The molecule has 132 valence electrons. The molecule has 0 aromatic heterocycles. The maximum atomic E-state index is 12.3. The van der Waals surface area contributed by atoms with E-state index in [2.05, 4.69) is 5.32 Å². The molecular weight excluding hydrogens is 342 g/mol. The summed E-state index contributed by atoms with van der Waals surface area (Å²) in [6, 6.07) is 11.5. The van der Waals surface area contributed by atoms with Crippen LogP contribution in [-0.2, 0) is 4.74 Å². The molecule has 6 heteroatoms. The monoisotopic (exact) mass is 361 g/mol. The van der Waals surface area contributed by atoms with E-state index in [1.54, 1.807) is 37.3 Å². The molecule has 1 N–H and O–H groups in total. The molecule has 1 amide bonds. The molecule has 0 fully saturated rings. The zero-order chi connectivity index (χ0) is 18.2. The van der Waals surface area contributed by atoms with Crippen molar-refractivity contribution in [2.45, 2.75) is 20.3 Å². The van der Waals surface area contributed by atoms with Gasteiger partial charge < -0.3 is 14.8 Å². The van der Waals surface area contributed by atoms with Gasteiger partial charge in [0.2, 0.25) is 0 Å². The largest absolute Gasteiger partial charge is 0.494 e. The van der Waals surface area contributed by atoms with E-state index in [-0.39, 0.29) is 23.1 Å². The Morgan fingerprint density at radius 2 is 1.80 bits per heavy atom. The Kier molecular flexibility index (Phi) is 6.83. The summed E-state index contributed by atoms with van der Waals surface area (Å²) in [6.07, 6.45) is 0.921. The molecule has 0 spiro atoms. The number of carbonyl (C=O) groups is 2. The summed E-state index contributed by atoms with van der Waals surface area (Å²) in [5, 5.41) is 2.97. The second-order valence-corrected chi connectivity index (χ2v) is 5.65. The van der Waals surface area contributed by atoms with Gasteiger partial charge in [0.1, 0.15) is 5.75 Å². The second-order valence-electron chi connectivity index (χ2n) is 5.24. The first-order chi connectivity index (χ1) is 12.0. The zero-order valence-corrected chi connectivity index (χ0v) is 14.9. The van der Waals surface area contributed by atoms with Gasteiger partial charge in [-0.2, -0.15) is 0 Å². The van der Waals surface area contributed by atoms with Crippen LogP contribution in [0.3, 0.4) is 0 Å². The first-order valence-electron chi connectivity index (χ1n) is 8.06. The standard InChI is InChI=1S/C19H20ClNO4/c1-3-11-25-15-8-5-13(6-9-15)18(22)21-14-7-10-16(17(20)12-14)19(23)24-4-2/h5-10,12H,3-4,11H2,1-2H3,(H,21,22). The van der Waals surface area contributed by atoms with E-state index in [1.807, 2.05) is 6.92 Å². The highest BCUT2D eigenvalue weighted by Gasteiger charge is 2.13. The number of anilines is 1. The van der Waals surface area contributed by atoms with Crippen molar-refractivity contribution in [2.24, 2.45) is 0 Å². The molecule has 0 radical (unpaired) electrons. The van der Waals surface area contributed by atoms with Crippen LogP contribution in [-0.4, -0.2) is 25.1 Å². The van der Waals surface area contributed by atoms with Crippen LogP contribution in [0, 0.1) is 0 Å². The zero-order valence-electron chi connectivity index (χ0n) is 14.2. The molecule has 0 saturated heterocycles. The number of esters is 1. The van der Waals surface area contributed by atoms with E-state index >= 15 is 0 Å². The Morgan fingerprint density at radius 3 is 2.40 bits per heavy atom. The summed E-state index contributed by atoms with van der Waals surface area (Å²) in [5.74, 6) is -0.0460. The van der Waals surface area contributed by atoms with Crippen molar-refractivity contribution in [2.75, 3.05) is 18.5 Å². The van der Waals surface area contributed by atoms with Gasteiger partial charge in [-0.25, -0.2) is 4.79 Å². The molecule has 0 unspecified atom stereocenters. The SMILES string of the molecule is CCCOc1ccc(C(=O)Nc2ccc(C(=O)OCC)c(Cl)c2)cc1. The highest BCUT2D eigenvalue weighted by molar-refractivity contribution is 6.34. The number of amides is 1. The van der Waals surface area contributed by atoms with Crippen LogP contribution < -0.4 is 10.1 Å². The number of benzene rings is 2. The van der Waals surface area contributed by atoms with Gasteiger partial charge in [0.25, 0.3) is 5.91 Å². The first-order valence-corrected chi connectivity index (χ1v) is 8.43. The van der Waals surface area contributed by atoms with Crippen molar-refractivity contribution < 1.29 is 19.1 Å². The van der Waals surface area contributed by atoms with Crippen molar-refractivity contribution in [3.8, 4) is 5.75 Å². The molecule has 2 aromatic carbocycles. The topological polar surface area (TPSA) is 64.6 Å². The van der Waals surface area contributed by atoms with Crippen molar-refractivity contribution in [3.05, 3.63) is 58.6 Å². The number of nitrogens with one attached hydrogen (secondary N) is 1. The summed E-state index contributed by atoms with van der Waals surface area (Å²) in [4.78, 5) is 24.0. The van der Waals surface area contributed by atoms with Crippen molar-refractivity contribution in [1.29, 1.82) is 0 Å². The van der Waals surface area contributed by atoms with Crippen LogP contribution in [0.1, 0.15) is 41.0 Å². The molecule has 0 atom stereocenters. The number of halogens is 1. The molecular formula is C19H20ClNO4. The van der Waals surface area contributed by atoms with Crippen LogP contribution in [0.15, 0.2) is 42.5 Å². The molecule has 0 aliphatic carbocycles. The van der Waals surface area contributed by atoms with E-state index in [4.69, 9.17) is 21.1 Å². The smallest absolute Gasteiger partial charge is 0.339 e. The normalized spacial score (nSPS) is 10.2. The van der Waals surface area contributed by atoms with Crippen LogP contribution in [0.4, 0.5) is 5.69 Å². The van der Waals surface area contributed by atoms with Gasteiger partial charge in [-0.1, -0.05) is 18.5 Å². The number of ether oxygens (including phenoxy) is 2. The van der Waals surface area contributed by atoms with Crippen LogP contribution >= 0.6 is 11.6 Å². The molecule has 0 aliphatic rings. The predicted molar refractivity (Wildman–Crippen MR) is 97.6 cm³/mol. The van der Waals surface area contributed by atoms with Gasteiger partial charge >= 0.3 is 5.97 Å². The summed E-state index contributed by atoms with van der Waals surface area (Å²) in [7, 11) is 0. The fourth-order valence-electron chi connectivity index (χ4n) is 2.09. The lowest BCUT2D eigenvalue weighted by Gasteiger charge is -2.09. The van der Waals surface area contributed by atoms with Crippen LogP contribution in [0.5, 0.6) is 5.75 Å². The highest BCUT2D eigenvalue weighted by Crippen LogP contribution is 2.22. The van der Waals surface area contributed by atoms with Crippen LogP contribution in [0.25, 0.3) is 0 Å². The van der Waals surface area contributed by atoms with Gasteiger partial charge in [0.05, 0.1) is 23.8 Å².